The van der Waals surface area contributed by atoms with Crippen LogP contribution in [0.2, 0.25) is 0 Å². The normalized spacial score (nSPS) is 18.5. The molecule has 2 amide bonds. The van der Waals surface area contributed by atoms with Gasteiger partial charge in [0.1, 0.15) is 5.65 Å². The second kappa shape index (κ2) is 5.79. The molecule has 1 N–H and O–H groups in total. The molecule has 6 heteroatoms. The summed E-state index contributed by atoms with van der Waals surface area (Å²) in [6.45, 7) is 4.89. The molecule has 3 heterocycles. The van der Waals surface area contributed by atoms with Crippen LogP contribution in [0, 0.1) is 6.92 Å². The number of nitrogens with zero attached hydrogens (tertiary/aromatic N) is 3. The molecule has 0 saturated carbocycles. The average molecular weight is 300 g/mol. The van der Waals surface area contributed by atoms with Crippen LogP contribution in [-0.4, -0.2) is 39.2 Å². The lowest BCUT2D eigenvalue weighted by Gasteiger charge is -2.35. The molecule has 1 atom stereocenters. The first-order valence-corrected chi connectivity index (χ1v) is 7.64. The van der Waals surface area contributed by atoms with Crippen molar-refractivity contribution in [2.24, 2.45) is 0 Å². The summed E-state index contributed by atoms with van der Waals surface area (Å²) in [6.07, 6.45) is 3.12. The highest BCUT2D eigenvalue weighted by Crippen LogP contribution is 2.27. The number of carbonyl (C=O) groups excluding carboxylic acids is 2. The number of amides is 2. The molecule has 3 rings (SSSR count). The van der Waals surface area contributed by atoms with Gasteiger partial charge in [-0.05, 0) is 25.5 Å². The minimum atomic E-state index is -0.606. The van der Waals surface area contributed by atoms with Crippen molar-refractivity contribution in [1.82, 2.24) is 19.6 Å². The first-order chi connectivity index (χ1) is 10.6. The molecule has 0 radical (unpaired) electrons. The van der Waals surface area contributed by atoms with E-state index in [0.717, 1.165) is 23.5 Å². The van der Waals surface area contributed by atoms with E-state index >= 15 is 0 Å². The molecule has 2 aromatic rings. The summed E-state index contributed by atoms with van der Waals surface area (Å²) < 4.78 is 1.90. The van der Waals surface area contributed by atoms with E-state index in [9.17, 15) is 9.59 Å². The fraction of sp³-hybridized carbons (Fsp3) is 0.438. The minimum absolute atomic E-state index is 0.0210. The molecule has 1 saturated heterocycles. The van der Waals surface area contributed by atoms with Gasteiger partial charge < -0.3 is 14.6 Å². The van der Waals surface area contributed by atoms with Crippen LogP contribution in [0.1, 0.15) is 37.2 Å². The topological polar surface area (TPSA) is 66.7 Å². The molecule has 0 aliphatic carbocycles. The van der Waals surface area contributed by atoms with E-state index in [1.165, 1.54) is 0 Å². The first-order valence-electron chi connectivity index (χ1n) is 7.64. The van der Waals surface area contributed by atoms with Gasteiger partial charge >= 0.3 is 0 Å². The first kappa shape index (κ1) is 14.6. The Morgan fingerprint density at radius 2 is 2.27 bits per heavy atom. The number of piperazine rings is 1. The monoisotopic (exact) mass is 300 g/mol. The highest BCUT2D eigenvalue weighted by molar-refractivity contribution is 5.90. The predicted molar refractivity (Wildman–Crippen MR) is 82.3 cm³/mol. The maximum Gasteiger partial charge on any atom is 0.249 e. The Morgan fingerprint density at radius 3 is 3.05 bits per heavy atom. The molecule has 116 valence electrons. The Balaban J connectivity index is 2.10. The van der Waals surface area contributed by atoms with Gasteiger partial charge in [0.05, 0.1) is 11.4 Å². The number of aromatic nitrogens is 2. The molecule has 1 aliphatic heterocycles. The molecule has 22 heavy (non-hydrogen) atoms. The van der Waals surface area contributed by atoms with Crippen molar-refractivity contribution in [2.75, 3.05) is 13.1 Å². The Morgan fingerprint density at radius 1 is 1.45 bits per heavy atom. The molecular formula is C16H20N4O2. The molecule has 1 fully saturated rings. The minimum Gasteiger partial charge on any atom is -0.352 e. The van der Waals surface area contributed by atoms with Crippen LogP contribution in [0.25, 0.3) is 5.65 Å². The summed E-state index contributed by atoms with van der Waals surface area (Å²) in [4.78, 5) is 31.1. The second-order valence-electron chi connectivity index (χ2n) is 5.54. The van der Waals surface area contributed by atoms with Gasteiger partial charge in [-0.15, -0.1) is 0 Å². The number of nitrogens with one attached hydrogen (secondary N) is 1. The van der Waals surface area contributed by atoms with Crippen molar-refractivity contribution >= 4 is 17.5 Å². The summed E-state index contributed by atoms with van der Waals surface area (Å²) in [5.41, 5.74) is 2.34. The third-order valence-electron chi connectivity index (χ3n) is 4.01. The number of aryl methyl sites for hydroxylation is 1. The maximum atomic E-state index is 12.5. The van der Waals surface area contributed by atoms with E-state index in [2.05, 4.69) is 10.3 Å². The van der Waals surface area contributed by atoms with Crippen molar-refractivity contribution < 1.29 is 9.59 Å². The van der Waals surface area contributed by atoms with Gasteiger partial charge in [0.2, 0.25) is 11.8 Å². The van der Waals surface area contributed by atoms with Crippen molar-refractivity contribution in [3.8, 4) is 0 Å². The Hall–Kier alpha value is -2.37. The Bertz CT molecular complexity index is 722. The Kier molecular flexibility index (Phi) is 3.83. The van der Waals surface area contributed by atoms with Crippen LogP contribution in [0.15, 0.2) is 24.4 Å². The van der Waals surface area contributed by atoms with E-state index in [-0.39, 0.29) is 11.8 Å². The van der Waals surface area contributed by atoms with Gasteiger partial charge in [0.15, 0.2) is 6.04 Å². The van der Waals surface area contributed by atoms with Crippen LogP contribution in [0.5, 0.6) is 0 Å². The van der Waals surface area contributed by atoms with Crippen LogP contribution in [0.4, 0.5) is 0 Å². The number of imidazole rings is 1. The van der Waals surface area contributed by atoms with E-state index in [1.807, 2.05) is 42.6 Å². The highest BCUT2D eigenvalue weighted by Gasteiger charge is 2.37. The van der Waals surface area contributed by atoms with Crippen LogP contribution < -0.4 is 5.32 Å². The van der Waals surface area contributed by atoms with E-state index in [4.69, 9.17) is 0 Å². The Labute approximate surface area is 129 Å². The number of fused-ring (bicyclic) bond motifs is 1. The van der Waals surface area contributed by atoms with E-state index in [1.54, 1.807) is 4.90 Å². The van der Waals surface area contributed by atoms with Gasteiger partial charge in [-0.1, -0.05) is 13.0 Å². The fourth-order valence-electron chi connectivity index (χ4n) is 3.03. The van der Waals surface area contributed by atoms with Gasteiger partial charge in [-0.2, -0.15) is 0 Å². The molecule has 0 spiro atoms. The highest BCUT2D eigenvalue weighted by atomic mass is 16.2. The summed E-state index contributed by atoms with van der Waals surface area (Å²) in [5, 5.41) is 2.87. The van der Waals surface area contributed by atoms with Gasteiger partial charge in [-0.25, -0.2) is 4.98 Å². The summed E-state index contributed by atoms with van der Waals surface area (Å²) in [5.74, 6) is -0.114. The maximum absolute atomic E-state index is 12.5. The van der Waals surface area contributed by atoms with Gasteiger partial charge in [-0.3, -0.25) is 9.59 Å². The summed E-state index contributed by atoms with van der Waals surface area (Å²) in [7, 11) is 0. The zero-order valence-electron chi connectivity index (χ0n) is 12.9. The molecule has 2 aromatic heterocycles. The van der Waals surface area contributed by atoms with Crippen LogP contribution in [-0.2, 0) is 9.59 Å². The molecule has 1 unspecified atom stereocenters. The van der Waals surface area contributed by atoms with Crippen LogP contribution in [0.3, 0.4) is 0 Å². The average Bonchev–Trinajstić information content (AvgIpc) is 2.83. The van der Waals surface area contributed by atoms with Crippen molar-refractivity contribution in [3.63, 3.8) is 0 Å². The van der Waals surface area contributed by atoms with Crippen LogP contribution >= 0.6 is 0 Å². The lowest BCUT2D eigenvalue weighted by molar-refractivity contribution is -0.143. The molecule has 1 aliphatic rings. The largest absolute Gasteiger partial charge is 0.352 e. The van der Waals surface area contributed by atoms with E-state index < -0.39 is 6.04 Å². The second-order valence-corrected chi connectivity index (χ2v) is 5.54. The zero-order valence-corrected chi connectivity index (χ0v) is 12.9. The van der Waals surface area contributed by atoms with E-state index in [0.29, 0.717) is 19.5 Å². The van der Waals surface area contributed by atoms with Crippen molar-refractivity contribution in [1.29, 1.82) is 0 Å². The number of hydrogen-bond acceptors (Lipinski definition) is 3. The zero-order chi connectivity index (χ0) is 15.7. The van der Waals surface area contributed by atoms with Gasteiger partial charge in [0.25, 0.3) is 0 Å². The summed E-state index contributed by atoms with van der Waals surface area (Å²) in [6, 6.07) is 5.10. The molecule has 6 nitrogen and oxygen atoms in total. The standard InChI is InChI=1S/C16H20N4O2/c1-3-6-13(21)20-10-8-17-16(22)15(20)14-11(2)18-12-7-4-5-9-19(12)14/h4-5,7,9,15H,3,6,8,10H2,1-2H3,(H,17,22). The lowest BCUT2D eigenvalue weighted by Crippen LogP contribution is -2.52. The molecular weight excluding hydrogens is 280 g/mol. The fourth-order valence-corrected chi connectivity index (χ4v) is 3.03. The summed E-state index contributed by atoms with van der Waals surface area (Å²) >= 11 is 0. The number of pyridine rings is 1. The lowest BCUT2D eigenvalue weighted by atomic mass is 10.1. The van der Waals surface area contributed by atoms with Crippen molar-refractivity contribution in [3.05, 3.63) is 35.8 Å². The predicted octanol–water partition coefficient (Wildman–Crippen LogP) is 1.44. The third-order valence-corrected chi connectivity index (χ3v) is 4.01. The third kappa shape index (κ3) is 2.34. The number of hydrogen-bond donors (Lipinski definition) is 1. The quantitative estimate of drug-likeness (QED) is 0.933. The number of carbonyl (C=O) groups is 2. The number of rotatable bonds is 3. The molecule has 0 aromatic carbocycles. The van der Waals surface area contributed by atoms with Crippen molar-refractivity contribution in [2.45, 2.75) is 32.7 Å². The molecule has 0 bridgehead atoms. The SMILES string of the molecule is CCCC(=O)N1CCNC(=O)C1c1c(C)nc2ccccn12. The smallest absolute Gasteiger partial charge is 0.249 e. The van der Waals surface area contributed by atoms with Gasteiger partial charge in [0, 0.05) is 25.7 Å².